The molecule has 1 aromatic carbocycles. The minimum atomic E-state index is -0.145. The molecule has 25 heavy (non-hydrogen) atoms. The Bertz CT molecular complexity index is 906. The van der Waals surface area contributed by atoms with Crippen molar-refractivity contribution < 1.29 is 4.79 Å². The van der Waals surface area contributed by atoms with E-state index in [-0.39, 0.29) is 5.91 Å². The number of aromatic nitrogens is 4. The zero-order chi connectivity index (χ0) is 17.8. The molecular weight excluding hydrogens is 334 g/mol. The van der Waals surface area contributed by atoms with Crippen molar-refractivity contribution in [2.24, 2.45) is 0 Å². The lowest BCUT2D eigenvalue weighted by molar-refractivity contribution is 0.0951. The van der Waals surface area contributed by atoms with Crippen LogP contribution in [0.15, 0.2) is 30.5 Å². The fourth-order valence-electron chi connectivity index (χ4n) is 2.38. The standard InChI is InChI=1S/C18H19N5OS/c1-4-15-22-23-16(25-15)10-20-18(24)14-7-5-6-13(8-14)17-12(3)19-9-11(2)21-17/h5-9H,4,10H2,1-3H3,(H,20,24). The van der Waals surface area contributed by atoms with Gasteiger partial charge in [-0.15, -0.1) is 10.2 Å². The number of nitrogens with zero attached hydrogens (tertiary/aromatic N) is 4. The van der Waals surface area contributed by atoms with E-state index < -0.39 is 0 Å². The maximum Gasteiger partial charge on any atom is 0.251 e. The second-order valence-corrected chi connectivity index (χ2v) is 6.80. The molecular formula is C18H19N5OS. The lowest BCUT2D eigenvalue weighted by Gasteiger charge is -2.08. The van der Waals surface area contributed by atoms with Crippen LogP contribution in [0.25, 0.3) is 11.3 Å². The van der Waals surface area contributed by atoms with E-state index in [0.717, 1.165) is 39.1 Å². The number of carbonyl (C=O) groups is 1. The van der Waals surface area contributed by atoms with Crippen molar-refractivity contribution in [1.29, 1.82) is 0 Å². The van der Waals surface area contributed by atoms with Gasteiger partial charge >= 0.3 is 0 Å². The molecule has 0 unspecified atom stereocenters. The third kappa shape index (κ3) is 4.06. The number of amides is 1. The minimum Gasteiger partial charge on any atom is -0.345 e. The largest absolute Gasteiger partial charge is 0.345 e. The van der Waals surface area contributed by atoms with Crippen molar-refractivity contribution in [3.8, 4) is 11.3 Å². The van der Waals surface area contributed by atoms with Gasteiger partial charge in [-0.3, -0.25) is 9.78 Å². The molecule has 0 atom stereocenters. The zero-order valence-electron chi connectivity index (χ0n) is 14.4. The number of hydrogen-bond acceptors (Lipinski definition) is 6. The molecule has 0 aliphatic heterocycles. The van der Waals surface area contributed by atoms with Gasteiger partial charge in [0.2, 0.25) is 0 Å². The van der Waals surface area contributed by atoms with Crippen LogP contribution in [0.1, 0.15) is 38.7 Å². The van der Waals surface area contributed by atoms with Crippen molar-refractivity contribution in [3.63, 3.8) is 0 Å². The summed E-state index contributed by atoms with van der Waals surface area (Å²) in [6.45, 7) is 6.23. The van der Waals surface area contributed by atoms with Crippen LogP contribution >= 0.6 is 11.3 Å². The van der Waals surface area contributed by atoms with Gasteiger partial charge in [-0.2, -0.15) is 0 Å². The van der Waals surface area contributed by atoms with Gasteiger partial charge in [0.1, 0.15) is 10.0 Å². The molecule has 3 aromatic rings. The number of carbonyl (C=O) groups excluding carboxylic acids is 1. The Kier molecular flexibility index (Phi) is 5.14. The maximum atomic E-state index is 12.4. The molecule has 3 rings (SSSR count). The average molecular weight is 353 g/mol. The lowest BCUT2D eigenvalue weighted by atomic mass is 10.1. The zero-order valence-corrected chi connectivity index (χ0v) is 15.2. The van der Waals surface area contributed by atoms with E-state index in [0.29, 0.717) is 12.1 Å². The van der Waals surface area contributed by atoms with Crippen molar-refractivity contribution in [2.45, 2.75) is 33.7 Å². The molecule has 0 spiro atoms. The number of aryl methyl sites for hydroxylation is 3. The maximum absolute atomic E-state index is 12.4. The number of hydrogen-bond donors (Lipinski definition) is 1. The van der Waals surface area contributed by atoms with E-state index in [1.54, 1.807) is 12.3 Å². The molecule has 7 heteroatoms. The first kappa shape index (κ1) is 17.2. The summed E-state index contributed by atoms with van der Waals surface area (Å²) >= 11 is 1.52. The first-order chi connectivity index (χ1) is 12.1. The highest BCUT2D eigenvalue weighted by atomic mass is 32.1. The lowest BCUT2D eigenvalue weighted by Crippen LogP contribution is -2.22. The second kappa shape index (κ2) is 7.48. The van der Waals surface area contributed by atoms with Gasteiger partial charge in [0.05, 0.1) is 23.6 Å². The van der Waals surface area contributed by atoms with Gasteiger partial charge in [-0.25, -0.2) is 4.98 Å². The highest BCUT2D eigenvalue weighted by Crippen LogP contribution is 2.21. The van der Waals surface area contributed by atoms with Gasteiger partial charge in [-0.05, 0) is 32.4 Å². The third-order valence-electron chi connectivity index (χ3n) is 3.69. The topological polar surface area (TPSA) is 80.7 Å². The molecule has 6 nitrogen and oxygen atoms in total. The van der Waals surface area contributed by atoms with E-state index in [1.165, 1.54) is 11.3 Å². The van der Waals surface area contributed by atoms with Crippen LogP contribution in [0.3, 0.4) is 0 Å². The van der Waals surface area contributed by atoms with Crippen LogP contribution in [0, 0.1) is 13.8 Å². The van der Waals surface area contributed by atoms with Crippen LogP contribution < -0.4 is 5.32 Å². The molecule has 0 saturated heterocycles. The van der Waals surface area contributed by atoms with Crippen LogP contribution in [0.2, 0.25) is 0 Å². The summed E-state index contributed by atoms with van der Waals surface area (Å²) in [5, 5.41) is 12.8. The summed E-state index contributed by atoms with van der Waals surface area (Å²) in [5.41, 5.74) is 3.94. The van der Waals surface area contributed by atoms with Gasteiger partial charge in [0, 0.05) is 17.3 Å². The van der Waals surface area contributed by atoms with Gasteiger partial charge in [0.25, 0.3) is 5.91 Å². The normalized spacial score (nSPS) is 10.7. The molecule has 0 fully saturated rings. The number of rotatable bonds is 5. The summed E-state index contributed by atoms with van der Waals surface area (Å²) in [7, 11) is 0. The predicted octanol–water partition coefficient (Wildman–Crippen LogP) is 3.10. The first-order valence-corrected chi connectivity index (χ1v) is 8.88. The van der Waals surface area contributed by atoms with Gasteiger partial charge in [-0.1, -0.05) is 30.4 Å². The molecule has 128 valence electrons. The fraction of sp³-hybridized carbons (Fsp3) is 0.278. The summed E-state index contributed by atoms with van der Waals surface area (Å²) in [5.74, 6) is -0.145. The molecule has 0 aliphatic rings. The SMILES string of the molecule is CCc1nnc(CNC(=O)c2cccc(-c3nc(C)cnc3C)c2)s1. The first-order valence-electron chi connectivity index (χ1n) is 8.07. The average Bonchev–Trinajstić information content (AvgIpc) is 3.10. The Morgan fingerprint density at radius 2 is 2.00 bits per heavy atom. The number of nitrogens with one attached hydrogen (secondary N) is 1. The van der Waals surface area contributed by atoms with Crippen molar-refractivity contribution in [1.82, 2.24) is 25.5 Å². The van der Waals surface area contributed by atoms with Crippen molar-refractivity contribution >= 4 is 17.2 Å². The number of benzene rings is 1. The van der Waals surface area contributed by atoms with Crippen LogP contribution in [0.4, 0.5) is 0 Å². The Morgan fingerprint density at radius 1 is 1.20 bits per heavy atom. The van der Waals surface area contributed by atoms with E-state index in [1.807, 2.05) is 39.0 Å². The predicted molar refractivity (Wildman–Crippen MR) is 97.4 cm³/mol. The molecule has 0 saturated carbocycles. The smallest absolute Gasteiger partial charge is 0.251 e. The quantitative estimate of drug-likeness (QED) is 0.762. The molecule has 1 N–H and O–H groups in total. The summed E-state index contributed by atoms with van der Waals surface area (Å²) in [4.78, 5) is 21.3. The molecule has 0 aliphatic carbocycles. The van der Waals surface area contributed by atoms with E-state index in [4.69, 9.17) is 0 Å². The minimum absolute atomic E-state index is 0.145. The van der Waals surface area contributed by atoms with Crippen LogP contribution in [0.5, 0.6) is 0 Å². The molecule has 0 bridgehead atoms. The summed E-state index contributed by atoms with van der Waals surface area (Å²) < 4.78 is 0. The van der Waals surface area contributed by atoms with E-state index >= 15 is 0 Å². The van der Waals surface area contributed by atoms with E-state index in [2.05, 4.69) is 25.5 Å². The van der Waals surface area contributed by atoms with Crippen molar-refractivity contribution in [2.75, 3.05) is 0 Å². The van der Waals surface area contributed by atoms with Crippen LogP contribution in [-0.2, 0) is 13.0 Å². The van der Waals surface area contributed by atoms with Crippen LogP contribution in [-0.4, -0.2) is 26.1 Å². The Morgan fingerprint density at radius 3 is 2.76 bits per heavy atom. The Hall–Kier alpha value is -2.67. The second-order valence-electron chi connectivity index (χ2n) is 5.65. The highest BCUT2D eigenvalue weighted by Gasteiger charge is 2.11. The van der Waals surface area contributed by atoms with E-state index in [9.17, 15) is 4.79 Å². The third-order valence-corrected chi connectivity index (χ3v) is 4.75. The highest BCUT2D eigenvalue weighted by molar-refractivity contribution is 7.11. The Labute approximate surface area is 150 Å². The Balaban J connectivity index is 1.76. The molecule has 0 radical (unpaired) electrons. The fourth-order valence-corrected chi connectivity index (χ4v) is 3.10. The summed E-state index contributed by atoms with van der Waals surface area (Å²) in [6, 6.07) is 7.41. The summed E-state index contributed by atoms with van der Waals surface area (Å²) in [6.07, 6.45) is 2.59. The monoisotopic (exact) mass is 353 g/mol. The van der Waals surface area contributed by atoms with Gasteiger partial charge in [0.15, 0.2) is 0 Å². The molecule has 1 amide bonds. The van der Waals surface area contributed by atoms with Gasteiger partial charge < -0.3 is 5.32 Å². The van der Waals surface area contributed by atoms with Crippen molar-refractivity contribution in [3.05, 3.63) is 57.4 Å². The molecule has 2 heterocycles. The molecule has 2 aromatic heterocycles.